The Labute approximate surface area is 107 Å². The molecule has 0 saturated carbocycles. The van der Waals surface area contributed by atoms with E-state index in [0.717, 1.165) is 9.35 Å². The third kappa shape index (κ3) is 2.90. The maximum Gasteiger partial charge on any atom is 0.185 e. The number of halogens is 1. The zero-order valence-corrected chi connectivity index (χ0v) is 10.8. The molecule has 0 atom stereocenters. The van der Waals surface area contributed by atoms with Crippen LogP contribution in [0.4, 0.5) is 0 Å². The van der Waals surface area contributed by atoms with Crippen molar-refractivity contribution >= 4 is 39.1 Å². The van der Waals surface area contributed by atoms with E-state index in [1.165, 1.54) is 0 Å². The van der Waals surface area contributed by atoms with Gasteiger partial charge in [-0.25, -0.2) is 0 Å². The molecule has 16 heavy (non-hydrogen) atoms. The summed E-state index contributed by atoms with van der Waals surface area (Å²) in [5, 5.41) is 1.99. The average Bonchev–Trinajstić information content (AvgIpc) is 2.78. The highest BCUT2D eigenvalue weighted by atomic mass is 79.9. The van der Waals surface area contributed by atoms with Crippen LogP contribution in [0.25, 0.3) is 6.08 Å². The topological polar surface area (TPSA) is 17.1 Å². The minimum Gasteiger partial charge on any atom is -0.289 e. The molecule has 0 fully saturated rings. The summed E-state index contributed by atoms with van der Waals surface area (Å²) in [5.74, 6) is 0.0229. The van der Waals surface area contributed by atoms with Crippen LogP contribution in [0.1, 0.15) is 15.2 Å². The van der Waals surface area contributed by atoms with Crippen LogP contribution in [-0.2, 0) is 0 Å². The molecule has 1 aromatic carbocycles. The molecule has 2 aromatic rings. The summed E-state index contributed by atoms with van der Waals surface area (Å²) in [7, 11) is 0. The summed E-state index contributed by atoms with van der Waals surface area (Å²) >= 11 is 4.96. The van der Waals surface area contributed by atoms with Crippen molar-refractivity contribution in [3.8, 4) is 0 Å². The number of carbonyl (C=O) groups is 1. The number of ketones is 1. The molecule has 1 nitrogen and oxygen atoms in total. The third-order valence-corrected chi connectivity index (χ3v) is 3.38. The predicted molar refractivity (Wildman–Crippen MR) is 71.8 cm³/mol. The molecule has 0 N–H and O–H groups in total. The van der Waals surface area contributed by atoms with Gasteiger partial charge < -0.3 is 0 Å². The lowest BCUT2D eigenvalue weighted by molar-refractivity contribution is 0.104. The van der Waals surface area contributed by atoms with Crippen molar-refractivity contribution in [2.75, 3.05) is 0 Å². The van der Waals surface area contributed by atoms with Crippen molar-refractivity contribution in [1.82, 2.24) is 0 Å². The molecule has 2 rings (SSSR count). The first-order valence-corrected chi connectivity index (χ1v) is 6.44. The van der Waals surface area contributed by atoms with E-state index in [1.807, 2.05) is 47.9 Å². The second kappa shape index (κ2) is 5.23. The second-order valence-electron chi connectivity index (χ2n) is 3.22. The number of rotatable bonds is 3. The van der Waals surface area contributed by atoms with E-state index in [-0.39, 0.29) is 5.78 Å². The van der Waals surface area contributed by atoms with E-state index >= 15 is 0 Å². The van der Waals surface area contributed by atoms with Crippen LogP contribution < -0.4 is 0 Å². The molecule has 0 unspecified atom stereocenters. The number of carbonyl (C=O) groups excluding carboxylic acids is 1. The number of hydrogen-bond donors (Lipinski definition) is 0. The zero-order valence-electron chi connectivity index (χ0n) is 8.39. The molecule has 3 heteroatoms. The van der Waals surface area contributed by atoms with Gasteiger partial charge in [-0.1, -0.05) is 34.1 Å². The molecule has 0 amide bonds. The average molecular weight is 293 g/mol. The lowest BCUT2D eigenvalue weighted by Crippen LogP contribution is -1.92. The van der Waals surface area contributed by atoms with E-state index in [0.29, 0.717) is 5.56 Å². The Morgan fingerprint density at radius 2 is 2.12 bits per heavy atom. The van der Waals surface area contributed by atoms with Gasteiger partial charge >= 0.3 is 0 Å². The lowest BCUT2D eigenvalue weighted by Gasteiger charge is -1.95. The summed E-state index contributed by atoms with van der Waals surface area (Å²) in [6, 6.07) is 11.3. The summed E-state index contributed by atoms with van der Waals surface area (Å²) < 4.78 is 0.919. The molecule has 0 radical (unpaired) electrons. The maximum absolute atomic E-state index is 11.8. The van der Waals surface area contributed by atoms with Gasteiger partial charge in [0.05, 0.1) is 0 Å². The summed E-state index contributed by atoms with van der Waals surface area (Å²) in [5.41, 5.74) is 0.696. The molecule has 0 aliphatic heterocycles. The number of thiophene rings is 1. The smallest absolute Gasteiger partial charge is 0.185 e. The number of hydrogen-bond acceptors (Lipinski definition) is 2. The van der Waals surface area contributed by atoms with Crippen LogP contribution >= 0.6 is 27.3 Å². The van der Waals surface area contributed by atoms with Crippen LogP contribution in [0.3, 0.4) is 0 Å². The van der Waals surface area contributed by atoms with Crippen LogP contribution in [0.5, 0.6) is 0 Å². The highest BCUT2D eigenvalue weighted by Crippen LogP contribution is 2.14. The Morgan fingerprint density at radius 1 is 1.25 bits per heavy atom. The van der Waals surface area contributed by atoms with Crippen molar-refractivity contribution < 1.29 is 4.79 Å². The zero-order chi connectivity index (χ0) is 11.4. The highest BCUT2D eigenvalue weighted by Gasteiger charge is 2.01. The molecule has 80 valence electrons. The number of allylic oxidation sites excluding steroid dienone is 1. The summed E-state index contributed by atoms with van der Waals surface area (Å²) in [6.45, 7) is 0. The summed E-state index contributed by atoms with van der Waals surface area (Å²) in [4.78, 5) is 12.9. The van der Waals surface area contributed by atoms with E-state index < -0.39 is 0 Å². The van der Waals surface area contributed by atoms with Gasteiger partial charge in [-0.3, -0.25) is 4.79 Å². The maximum atomic E-state index is 11.8. The van der Waals surface area contributed by atoms with E-state index in [9.17, 15) is 4.79 Å². The van der Waals surface area contributed by atoms with Gasteiger partial charge in [0.25, 0.3) is 0 Å². The van der Waals surface area contributed by atoms with Gasteiger partial charge in [0.2, 0.25) is 0 Å². The Kier molecular flexibility index (Phi) is 3.70. The van der Waals surface area contributed by atoms with Crippen LogP contribution in [0.15, 0.2) is 52.3 Å². The Hall–Kier alpha value is -1.19. The SMILES string of the molecule is O=C(/C=C/c1cccs1)c1cccc(Br)c1. The first-order chi connectivity index (χ1) is 7.75. The summed E-state index contributed by atoms with van der Waals surface area (Å²) in [6.07, 6.45) is 3.45. The van der Waals surface area contributed by atoms with Gasteiger partial charge in [-0.2, -0.15) is 0 Å². The molecule has 0 aliphatic rings. The molecular formula is C13H9BrOS. The van der Waals surface area contributed by atoms with Gasteiger partial charge in [0.15, 0.2) is 5.78 Å². The van der Waals surface area contributed by atoms with Crippen LogP contribution in [0.2, 0.25) is 0 Å². The second-order valence-corrected chi connectivity index (χ2v) is 5.12. The fraction of sp³-hybridized carbons (Fsp3) is 0. The fourth-order valence-corrected chi connectivity index (χ4v) is 2.30. The van der Waals surface area contributed by atoms with Crippen molar-refractivity contribution in [3.05, 3.63) is 62.8 Å². The van der Waals surface area contributed by atoms with Crippen molar-refractivity contribution in [2.24, 2.45) is 0 Å². The minimum absolute atomic E-state index is 0.0229. The Morgan fingerprint density at radius 3 is 2.81 bits per heavy atom. The predicted octanol–water partition coefficient (Wildman–Crippen LogP) is 4.41. The molecule has 1 aromatic heterocycles. The van der Waals surface area contributed by atoms with E-state index in [2.05, 4.69) is 15.9 Å². The van der Waals surface area contributed by atoms with Crippen molar-refractivity contribution in [1.29, 1.82) is 0 Å². The minimum atomic E-state index is 0.0229. The van der Waals surface area contributed by atoms with Gasteiger partial charge in [-0.15, -0.1) is 11.3 Å². The standard InChI is InChI=1S/C13H9BrOS/c14-11-4-1-3-10(9-11)13(15)7-6-12-5-2-8-16-12/h1-9H/b7-6+. The van der Waals surface area contributed by atoms with E-state index in [1.54, 1.807) is 17.4 Å². The van der Waals surface area contributed by atoms with Crippen LogP contribution in [-0.4, -0.2) is 5.78 Å². The van der Waals surface area contributed by atoms with Gasteiger partial charge in [0.1, 0.15) is 0 Å². The first-order valence-electron chi connectivity index (χ1n) is 4.77. The monoisotopic (exact) mass is 292 g/mol. The molecule has 0 saturated heterocycles. The largest absolute Gasteiger partial charge is 0.289 e. The number of benzene rings is 1. The van der Waals surface area contributed by atoms with E-state index in [4.69, 9.17) is 0 Å². The normalized spacial score (nSPS) is 10.8. The van der Waals surface area contributed by atoms with Crippen molar-refractivity contribution in [3.63, 3.8) is 0 Å². The van der Waals surface area contributed by atoms with Crippen LogP contribution in [0, 0.1) is 0 Å². The first kappa shape index (κ1) is 11.3. The Bertz CT molecular complexity index is 514. The molecule has 0 spiro atoms. The van der Waals surface area contributed by atoms with Gasteiger partial charge in [0, 0.05) is 14.9 Å². The van der Waals surface area contributed by atoms with Gasteiger partial charge in [-0.05, 0) is 35.7 Å². The quantitative estimate of drug-likeness (QED) is 0.605. The fourth-order valence-electron chi connectivity index (χ4n) is 1.28. The van der Waals surface area contributed by atoms with Crippen molar-refractivity contribution in [2.45, 2.75) is 0 Å². The molecule has 1 heterocycles. The Balaban J connectivity index is 2.15. The lowest BCUT2D eigenvalue weighted by atomic mass is 10.1. The third-order valence-electron chi connectivity index (χ3n) is 2.05. The molecule has 0 bridgehead atoms. The molecular weight excluding hydrogens is 284 g/mol. The highest BCUT2D eigenvalue weighted by molar-refractivity contribution is 9.10. The molecule has 0 aliphatic carbocycles.